The molecular weight excluding hydrogens is 228 g/mol. The van der Waals surface area contributed by atoms with Crippen LogP contribution in [0.1, 0.15) is 25.3 Å². The SMILES string of the molecule is CCCCc1ccc(-c2ccc(Cl)cc2)cc1. The van der Waals surface area contributed by atoms with Crippen LogP contribution in [0.2, 0.25) is 5.02 Å². The number of unbranched alkanes of at least 4 members (excludes halogenated alkanes) is 1. The summed E-state index contributed by atoms with van der Waals surface area (Å²) in [5.74, 6) is 0. The van der Waals surface area contributed by atoms with Gasteiger partial charge in [-0.15, -0.1) is 0 Å². The first-order valence-electron chi connectivity index (χ1n) is 6.14. The predicted octanol–water partition coefficient (Wildman–Crippen LogP) is 5.35. The molecule has 0 heterocycles. The maximum Gasteiger partial charge on any atom is 0.0406 e. The first kappa shape index (κ1) is 12.2. The van der Waals surface area contributed by atoms with Crippen LogP contribution in [0.3, 0.4) is 0 Å². The topological polar surface area (TPSA) is 0 Å². The monoisotopic (exact) mass is 244 g/mol. The van der Waals surface area contributed by atoms with Gasteiger partial charge >= 0.3 is 0 Å². The van der Waals surface area contributed by atoms with Crippen molar-refractivity contribution in [3.63, 3.8) is 0 Å². The number of benzene rings is 2. The van der Waals surface area contributed by atoms with Gasteiger partial charge in [-0.1, -0.05) is 61.3 Å². The highest BCUT2D eigenvalue weighted by atomic mass is 35.5. The van der Waals surface area contributed by atoms with Crippen molar-refractivity contribution in [2.24, 2.45) is 0 Å². The fourth-order valence-electron chi connectivity index (χ4n) is 1.89. The molecule has 0 amide bonds. The Hall–Kier alpha value is -1.27. The summed E-state index contributed by atoms with van der Waals surface area (Å²) in [5.41, 5.74) is 3.89. The van der Waals surface area contributed by atoms with E-state index in [4.69, 9.17) is 11.6 Å². The molecule has 88 valence electrons. The van der Waals surface area contributed by atoms with E-state index in [9.17, 15) is 0 Å². The largest absolute Gasteiger partial charge is 0.0843 e. The number of hydrogen-bond donors (Lipinski definition) is 0. The molecule has 2 aromatic rings. The lowest BCUT2D eigenvalue weighted by atomic mass is 10.0. The Balaban J connectivity index is 2.14. The Morgan fingerprint density at radius 2 is 1.35 bits per heavy atom. The van der Waals surface area contributed by atoms with Crippen molar-refractivity contribution in [3.05, 3.63) is 59.1 Å². The lowest BCUT2D eigenvalue weighted by Gasteiger charge is -2.04. The summed E-state index contributed by atoms with van der Waals surface area (Å²) in [5, 5.41) is 0.785. The predicted molar refractivity (Wildman–Crippen MR) is 75.5 cm³/mol. The van der Waals surface area contributed by atoms with Gasteiger partial charge in [-0.3, -0.25) is 0 Å². The highest BCUT2D eigenvalue weighted by Gasteiger charge is 1.98. The first-order valence-corrected chi connectivity index (χ1v) is 6.52. The molecule has 0 N–H and O–H groups in total. The van der Waals surface area contributed by atoms with Crippen LogP contribution >= 0.6 is 11.6 Å². The van der Waals surface area contributed by atoms with Crippen LogP contribution in [-0.4, -0.2) is 0 Å². The van der Waals surface area contributed by atoms with Crippen molar-refractivity contribution in [1.82, 2.24) is 0 Å². The molecule has 0 bridgehead atoms. The second kappa shape index (κ2) is 5.88. The summed E-state index contributed by atoms with van der Waals surface area (Å²) in [6.07, 6.45) is 3.69. The van der Waals surface area contributed by atoms with Crippen LogP contribution in [0.15, 0.2) is 48.5 Å². The van der Waals surface area contributed by atoms with Gasteiger partial charge in [0.25, 0.3) is 0 Å². The Kier molecular flexibility index (Phi) is 4.22. The zero-order valence-corrected chi connectivity index (χ0v) is 10.9. The zero-order chi connectivity index (χ0) is 12.1. The van der Waals surface area contributed by atoms with E-state index in [-0.39, 0.29) is 0 Å². The van der Waals surface area contributed by atoms with Crippen molar-refractivity contribution < 1.29 is 0 Å². The van der Waals surface area contributed by atoms with E-state index < -0.39 is 0 Å². The summed E-state index contributed by atoms with van der Waals surface area (Å²) in [4.78, 5) is 0. The molecule has 17 heavy (non-hydrogen) atoms. The summed E-state index contributed by atoms with van der Waals surface area (Å²) >= 11 is 5.88. The summed E-state index contributed by atoms with van der Waals surface area (Å²) in [6.45, 7) is 2.22. The number of halogens is 1. The maximum absolute atomic E-state index is 5.88. The lowest BCUT2D eigenvalue weighted by molar-refractivity contribution is 0.795. The van der Waals surface area contributed by atoms with Crippen LogP contribution in [0.25, 0.3) is 11.1 Å². The quantitative estimate of drug-likeness (QED) is 0.680. The van der Waals surface area contributed by atoms with Crippen LogP contribution in [-0.2, 0) is 6.42 Å². The molecule has 0 spiro atoms. The highest BCUT2D eigenvalue weighted by Crippen LogP contribution is 2.22. The van der Waals surface area contributed by atoms with Gasteiger partial charge in [-0.2, -0.15) is 0 Å². The van der Waals surface area contributed by atoms with Gasteiger partial charge in [0, 0.05) is 5.02 Å². The van der Waals surface area contributed by atoms with Gasteiger partial charge in [-0.05, 0) is 41.7 Å². The highest BCUT2D eigenvalue weighted by molar-refractivity contribution is 6.30. The van der Waals surface area contributed by atoms with Crippen LogP contribution in [0.5, 0.6) is 0 Å². The fraction of sp³-hybridized carbons (Fsp3) is 0.250. The third kappa shape index (κ3) is 3.34. The molecule has 0 aliphatic rings. The molecule has 0 fully saturated rings. The normalized spacial score (nSPS) is 10.5. The van der Waals surface area contributed by atoms with Crippen LogP contribution in [0, 0.1) is 0 Å². The first-order chi connectivity index (χ1) is 8.29. The van der Waals surface area contributed by atoms with E-state index in [0.717, 1.165) is 5.02 Å². The lowest BCUT2D eigenvalue weighted by Crippen LogP contribution is -1.84. The van der Waals surface area contributed by atoms with Crippen molar-refractivity contribution >= 4 is 11.6 Å². The van der Waals surface area contributed by atoms with Gasteiger partial charge in [0.2, 0.25) is 0 Å². The number of aryl methyl sites for hydroxylation is 1. The van der Waals surface area contributed by atoms with E-state index in [1.807, 2.05) is 12.1 Å². The minimum Gasteiger partial charge on any atom is -0.0843 e. The Bertz CT molecular complexity index is 454. The Morgan fingerprint density at radius 3 is 1.88 bits per heavy atom. The van der Waals surface area contributed by atoms with E-state index in [2.05, 4.69) is 43.3 Å². The number of rotatable bonds is 4. The molecule has 0 saturated heterocycles. The third-order valence-electron chi connectivity index (χ3n) is 2.95. The van der Waals surface area contributed by atoms with E-state index >= 15 is 0 Å². The van der Waals surface area contributed by atoms with Crippen molar-refractivity contribution in [3.8, 4) is 11.1 Å². The van der Waals surface area contributed by atoms with Gasteiger partial charge < -0.3 is 0 Å². The summed E-state index contributed by atoms with van der Waals surface area (Å²) in [6, 6.07) is 16.8. The summed E-state index contributed by atoms with van der Waals surface area (Å²) in [7, 11) is 0. The van der Waals surface area contributed by atoms with Crippen molar-refractivity contribution in [2.75, 3.05) is 0 Å². The third-order valence-corrected chi connectivity index (χ3v) is 3.20. The molecule has 0 aromatic heterocycles. The van der Waals surface area contributed by atoms with E-state index in [1.165, 1.54) is 36.0 Å². The molecule has 0 unspecified atom stereocenters. The molecule has 1 heteroatoms. The second-order valence-electron chi connectivity index (χ2n) is 4.31. The molecule has 0 radical (unpaired) electrons. The molecule has 0 aliphatic carbocycles. The average molecular weight is 245 g/mol. The molecule has 0 aliphatic heterocycles. The van der Waals surface area contributed by atoms with E-state index in [0.29, 0.717) is 0 Å². The van der Waals surface area contributed by atoms with Crippen LogP contribution < -0.4 is 0 Å². The molecular formula is C16H17Cl. The Labute approximate surface area is 108 Å². The molecule has 2 rings (SSSR count). The number of hydrogen-bond acceptors (Lipinski definition) is 0. The standard InChI is InChI=1S/C16H17Cl/c1-2-3-4-13-5-7-14(8-6-13)15-9-11-16(17)12-10-15/h5-12H,2-4H2,1H3. The minimum absolute atomic E-state index is 0.785. The second-order valence-corrected chi connectivity index (χ2v) is 4.74. The maximum atomic E-state index is 5.88. The average Bonchev–Trinajstić information content (AvgIpc) is 2.38. The molecule has 0 nitrogen and oxygen atoms in total. The van der Waals surface area contributed by atoms with E-state index in [1.54, 1.807) is 0 Å². The minimum atomic E-state index is 0.785. The Morgan fingerprint density at radius 1 is 0.824 bits per heavy atom. The van der Waals surface area contributed by atoms with Crippen LogP contribution in [0.4, 0.5) is 0 Å². The van der Waals surface area contributed by atoms with Gasteiger partial charge in [0.05, 0.1) is 0 Å². The fourth-order valence-corrected chi connectivity index (χ4v) is 2.01. The van der Waals surface area contributed by atoms with Crippen molar-refractivity contribution in [1.29, 1.82) is 0 Å². The van der Waals surface area contributed by atoms with Gasteiger partial charge in [0.15, 0.2) is 0 Å². The molecule has 0 saturated carbocycles. The summed E-state index contributed by atoms with van der Waals surface area (Å²) < 4.78 is 0. The van der Waals surface area contributed by atoms with Gasteiger partial charge in [0.1, 0.15) is 0 Å². The smallest absolute Gasteiger partial charge is 0.0406 e. The molecule has 0 atom stereocenters. The molecule has 2 aromatic carbocycles. The zero-order valence-electron chi connectivity index (χ0n) is 10.1. The van der Waals surface area contributed by atoms with Crippen molar-refractivity contribution in [2.45, 2.75) is 26.2 Å². The van der Waals surface area contributed by atoms with Gasteiger partial charge in [-0.25, -0.2) is 0 Å².